The molecule has 24 heavy (non-hydrogen) atoms. The van der Waals surface area contributed by atoms with Gasteiger partial charge in [0.1, 0.15) is 6.29 Å². The molecule has 0 bridgehead atoms. The molecule has 0 saturated heterocycles. The average Bonchev–Trinajstić information content (AvgIpc) is 2.58. The van der Waals surface area contributed by atoms with Gasteiger partial charge >= 0.3 is 0 Å². The van der Waals surface area contributed by atoms with Crippen LogP contribution in [-0.2, 0) is 11.3 Å². The smallest absolute Gasteiger partial charge is 0.236 e. The molecule has 1 amide bonds. The molecule has 124 valence electrons. The van der Waals surface area contributed by atoms with Crippen molar-refractivity contribution in [2.24, 2.45) is 5.73 Å². The largest absolute Gasteiger partial charge is 0.370 e. The highest BCUT2D eigenvalue weighted by Gasteiger charge is 2.24. The van der Waals surface area contributed by atoms with Gasteiger partial charge in [-0.15, -0.1) is 0 Å². The van der Waals surface area contributed by atoms with Gasteiger partial charge in [0.05, 0.1) is 12.5 Å². The zero-order valence-corrected chi connectivity index (χ0v) is 14.8. The number of halogens is 1. The number of hydrogen-bond acceptors (Lipinski definition) is 3. The normalized spacial score (nSPS) is 11.6. The van der Waals surface area contributed by atoms with E-state index in [0.717, 1.165) is 21.9 Å². The monoisotopic (exact) mass is 387 g/mol. The summed E-state index contributed by atoms with van der Waals surface area (Å²) in [5, 5.41) is 7.73. The Morgan fingerprint density at radius 2 is 2.00 bits per heavy atom. The van der Waals surface area contributed by atoms with E-state index in [-0.39, 0.29) is 18.4 Å². The van der Waals surface area contributed by atoms with E-state index in [9.17, 15) is 9.59 Å². The number of nitrogens with one attached hydrogen (secondary N) is 1. The van der Waals surface area contributed by atoms with E-state index < -0.39 is 5.92 Å². The molecule has 2 aromatic rings. The van der Waals surface area contributed by atoms with Crippen molar-refractivity contribution in [1.29, 1.82) is 5.41 Å². The van der Waals surface area contributed by atoms with Crippen LogP contribution in [0.15, 0.2) is 53.0 Å². The maximum absolute atomic E-state index is 12.8. The number of nitrogens with two attached hydrogens (primary N) is 1. The minimum absolute atomic E-state index is 0.147. The number of benzene rings is 2. The van der Waals surface area contributed by atoms with Crippen LogP contribution in [0.25, 0.3) is 0 Å². The third-order valence-electron chi connectivity index (χ3n) is 3.70. The Hall–Kier alpha value is -2.47. The van der Waals surface area contributed by atoms with Crippen LogP contribution < -0.4 is 5.73 Å². The number of guanidine groups is 1. The molecule has 0 heterocycles. The maximum atomic E-state index is 12.8. The Labute approximate surface area is 149 Å². The lowest BCUT2D eigenvalue weighted by Gasteiger charge is -2.24. The van der Waals surface area contributed by atoms with Crippen LogP contribution >= 0.6 is 15.9 Å². The molecule has 6 heteroatoms. The molecule has 3 N–H and O–H groups in total. The zero-order chi connectivity index (χ0) is 17.7. The van der Waals surface area contributed by atoms with Crippen LogP contribution in [0.4, 0.5) is 0 Å². The molecular weight excluding hydrogens is 370 g/mol. The highest BCUT2D eigenvalue weighted by molar-refractivity contribution is 9.10. The summed E-state index contributed by atoms with van der Waals surface area (Å²) in [4.78, 5) is 24.9. The summed E-state index contributed by atoms with van der Waals surface area (Å²) in [7, 11) is 0. The van der Waals surface area contributed by atoms with E-state index in [2.05, 4.69) is 15.9 Å². The Bertz CT molecular complexity index is 776. The standard InChI is InChI=1S/C18H18BrN3O2/c1-12(15-6-3-7-16(19)9-15)17(24)22(18(20)21)10-13-4-2-5-14(8-13)11-23/h2-9,11-12H,10H2,1H3,(H3,20,21). The Balaban J connectivity index is 2.24. The van der Waals surface area contributed by atoms with E-state index in [1.165, 1.54) is 4.90 Å². The third-order valence-corrected chi connectivity index (χ3v) is 4.20. The summed E-state index contributed by atoms with van der Waals surface area (Å²) >= 11 is 3.39. The van der Waals surface area contributed by atoms with Crippen molar-refractivity contribution >= 4 is 34.1 Å². The predicted octanol–water partition coefficient (Wildman–Crippen LogP) is 3.29. The first kappa shape index (κ1) is 17.9. The highest BCUT2D eigenvalue weighted by Crippen LogP contribution is 2.22. The first-order chi connectivity index (χ1) is 11.4. The molecule has 1 atom stereocenters. The molecule has 0 aliphatic heterocycles. The molecular formula is C18H18BrN3O2. The van der Waals surface area contributed by atoms with Crippen molar-refractivity contribution in [3.63, 3.8) is 0 Å². The number of carbonyl (C=O) groups is 2. The maximum Gasteiger partial charge on any atom is 0.236 e. The van der Waals surface area contributed by atoms with Crippen LogP contribution in [0.1, 0.15) is 34.3 Å². The minimum atomic E-state index is -0.444. The van der Waals surface area contributed by atoms with Crippen LogP contribution in [0.3, 0.4) is 0 Å². The second-order valence-corrected chi connectivity index (χ2v) is 6.36. The zero-order valence-electron chi connectivity index (χ0n) is 13.2. The Morgan fingerprint density at radius 3 is 2.62 bits per heavy atom. The average molecular weight is 388 g/mol. The molecule has 0 saturated carbocycles. The number of hydrogen-bond donors (Lipinski definition) is 2. The van der Waals surface area contributed by atoms with Gasteiger partial charge in [0.2, 0.25) is 5.91 Å². The van der Waals surface area contributed by atoms with Crippen LogP contribution in [0, 0.1) is 5.41 Å². The number of rotatable bonds is 5. The second kappa shape index (κ2) is 7.88. The summed E-state index contributed by atoms with van der Waals surface area (Å²) in [5.41, 5.74) is 7.70. The van der Waals surface area contributed by atoms with Gasteiger partial charge in [0.25, 0.3) is 0 Å². The summed E-state index contributed by atoms with van der Waals surface area (Å²) in [5.74, 6) is -1.03. The van der Waals surface area contributed by atoms with Gasteiger partial charge in [-0.3, -0.25) is 19.9 Å². The lowest BCUT2D eigenvalue weighted by molar-refractivity contribution is -0.129. The first-order valence-corrected chi connectivity index (χ1v) is 8.16. The molecule has 2 rings (SSSR count). The van der Waals surface area contributed by atoms with E-state index in [1.807, 2.05) is 24.3 Å². The topological polar surface area (TPSA) is 87.2 Å². The van der Waals surface area contributed by atoms with Crippen molar-refractivity contribution < 1.29 is 9.59 Å². The van der Waals surface area contributed by atoms with Gasteiger partial charge in [-0.25, -0.2) is 0 Å². The fourth-order valence-corrected chi connectivity index (χ4v) is 2.80. The van der Waals surface area contributed by atoms with Crippen LogP contribution in [-0.4, -0.2) is 23.1 Å². The van der Waals surface area contributed by atoms with Crippen molar-refractivity contribution in [2.75, 3.05) is 0 Å². The van der Waals surface area contributed by atoms with Crippen molar-refractivity contribution in [3.05, 3.63) is 69.7 Å². The lowest BCUT2D eigenvalue weighted by Crippen LogP contribution is -2.42. The van der Waals surface area contributed by atoms with E-state index in [4.69, 9.17) is 11.1 Å². The Morgan fingerprint density at radius 1 is 1.29 bits per heavy atom. The fraction of sp³-hybridized carbons (Fsp3) is 0.167. The molecule has 0 aliphatic carbocycles. The number of nitrogens with zero attached hydrogens (tertiary/aromatic N) is 1. The minimum Gasteiger partial charge on any atom is -0.370 e. The summed E-state index contributed by atoms with van der Waals surface area (Å²) in [6.45, 7) is 1.93. The number of amides is 1. The quantitative estimate of drug-likeness (QED) is 0.468. The SMILES string of the molecule is CC(C(=O)N(Cc1cccc(C=O)c1)C(=N)N)c1cccc(Br)c1. The first-order valence-electron chi connectivity index (χ1n) is 7.37. The van der Waals surface area contributed by atoms with Gasteiger partial charge in [-0.1, -0.05) is 46.3 Å². The molecule has 0 aromatic heterocycles. The summed E-state index contributed by atoms with van der Waals surface area (Å²) in [6, 6.07) is 14.4. The number of aldehydes is 1. The molecule has 0 aliphatic rings. The molecule has 5 nitrogen and oxygen atoms in total. The summed E-state index contributed by atoms with van der Waals surface area (Å²) in [6.07, 6.45) is 0.744. The third kappa shape index (κ3) is 4.29. The molecule has 0 spiro atoms. The van der Waals surface area contributed by atoms with Gasteiger partial charge < -0.3 is 5.73 Å². The van der Waals surface area contributed by atoms with E-state index in [0.29, 0.717) is 5.56 Å². The number of carbonyl (C=O) groups excluding carboxylic acids is 2. The van der Waals surface area contributed by atoms with E-state index >= 15 is 0 Å². The van der Waals surface area contributed by atoms with Gasteiger partial charge in [-0.2, -0.15) is 0 Å². The van der Waals surface area contributed by atoms with Crippen molar-refractivity contribution in [1.82, 2.24) is 4.90 Å². The summed E-state index contributed by atoms with van der Waals surface area (Å²) < 4.78 is 0.882. The highest BCUT2D eigenvalue weighted by atomic mass is 79.9. The molecule has 1 unspecified atom stereocenters. The molecule has 0 radical (unpaired) electrons. The predicted molar refractivity (Wildman–Crippen MR) is 96.9 cm³/mol. The van der Waals surface area contributed by atoms with Gasteiger partial charge in [0.15, 0.2) is 5.96 Å². The lowest BCUT2D eigenvalue weighted by atomic mass is 9.99. The van der Waals surface area contributed by atoms with Crippen molar-refractivity contribution in [2.45, 2.75) is 19.4 Å². The molecule has 0 fully saturated rings. The van der Waals surface area contributed by atoms with Gasteiger partial charge in [0, 0.05) is 10.0 Å². The Kier molecular flexibility index (Phi) is 5.87. The van der Waals surface area contributed by atoms with Crippen LogP contribution in [0.5, 0.6) is 0 Å². The van der Waals surface area contributed by atoms with Gasteiger partial charge in [-0.05, 0) is 36.2 Å². The second-order valence-electron chi connectivity index (χ2n) is 5.45. The van der Waals surface area contributed by atoms with Crippen LogP contribution in [0.2, 0.25) is 0 Å². The molecule has 2 aromatic carbocycles. The van der Waals surface area contributed by atoms with E-state index in [1.54, 1.807) is 31.2 Å². The fourth-order valence-electron chi connectivity index (χ4n) is 2.38. The van der Waals surface area contributed by atoms with Crippen molar-refractivity contribution in [3.8, 4) is 0 Å².